The van der Waals surface area contributed by atoms with Gasteiger partial charge in [-0.15, -0.1) is 0 Å². The Balaban J connectivity index is 0.000000206. The average Bonchev–Trinajstić information content (AvgIpc) is 3.92. The van der Waals surface area contributed by atoms with Gasteiger partial charge in [0.15, 0.2) is 5.58 Å². The molecule has 0 aliphatic heterocycles. The van der Waals surface area contributed by atoms with Crippen LogP contribution in [0.5, 0.6) is 0 Å². The van der Waals surface area contributed by atoms with E-state index in [0.717, 1.165) is 44.4 Å². The number of benzene rings is 8. The molecule has 57 heavy (non-hydrogen) atoms. The molecule has 0 aliphatic rings. The Labute approximate surface area is 330 Å². The molecule has 6 heteroatoms. The number of aromatic nitrogens is 2. The van der Waals surface area contributed by atoms with Gasteiger partial charge in [0.2, 0.25) is 0 Å². The molecule has 11 rings (SSSR count). The molecule has 276 valence electrons. The Hall–Kier alpha value is -7.41. The second kappa shape index (κ2) is 15.0. The number of rotatable bonds is 4. The van der Waals surface area contributed by atoms with Gasteiger partial charge in [0.05, 0.1) is 22.1 Å². The summed E-state index contributed by atoms with van der Waals surface area (Å²) in [4.78, 5) is 0. The summed E-state index contributed by atoms with van der Waals surface area (Å²) in [6.45, 7) is 2.79. The van der Waals surface area contributed by atoms with Crippen molar-refractivity contribution in [2.75, 3.05) is 0 Å². The lowest BCUT2D eigenvalue weighted by Gasteiger charge is -2.10. The standard InChI is InChI=1S/C37H24N2O.C7H8N2.C7H9N/c1-23-10-9-13-25(20-23)39-34-21-30-26-14-5-7-16-32(26)38(24-11-3-2-4-12-24)33(30)22-31(34)28-18-19-29-27-15-6-8-17-35(27)40-37(29)36(28)39;8-7(9)6-4-2-1-3-5-6;8-6-7-4-2-1-3-5-7/h2-22H,1H3;1-5H,(H3,8,9);1-5H,6,8H2. The smallest absolute Gasteiger partial charge is 0.160 e. The van der Waals surface area contributed by atoms with Gasteiger partial charge in [-0.3, -0.25) is 5.41 Å². The van der Waals surface area contributed by atoms with Crippen LogP contribution in [0.3, 0.4) is 0 Å². The first-order valence-electron chi connectivity index (χ1n) is 19.1. The first-order chi connectivity index (χ1) is 28.0. The van der Waals surface area contributed by atoms with Gasteiger partial charge in [-0.1, -0.05) is 133 Å². The third-order valence-electron chi connectivity index (χ3n) is 10.5. The van der Waals surface area contributed by atoms with Crippen molar-refractivity contribution < 1.29 is 4.42 Å². The number of fused-ring (bicyclic) bond motifs is 10. The second-order valence-corrected chi connectivity index (χ2v) is 14.2. The Bertz CT molecular complexity index is 3190. The minimum absolute atomic E-state index is 0.121. The highest BCUT2D eigenvalue weighted by atomic mass is 16.3. The van der Waals surface area contributed by atoms with E-state index >= 15 is 0 Å². The number of nitrogen functional groups attached to an aromatic ring is 1. The van der Waals surface area contributed by atoms with E-state index in [0.29, 0.717) is 6.54 Å². The zero-order valence-electron chi connectivity index (χ0n) is 31.6. The van der Waals surface area contributed by atoms with Crippen LogP contribution in [0.15, 0.2) is 192 Å². The van der Waals surface area contributed by atoms with Gasteiger partial charge in [-0.2, -0.15) is 0 Å². The highest BCUT2D eigenvalue weighted by molar-refractivity contribution is 6.24. The summed E-state index contributed by atoms with van der Waals surface area (Å²) in [5.74, 6) is 0.121. The number of amidine groups is 1. The van der Waals surface area contributed by atoms with Gasteiger partial charge in [-0.25, -0.2) is 0 Å². The molecule has 5 N–H and O–H groups in total. The second-order valence-electron chi connectivity index (χ2n) is 14.2. The maximum atomic E-state index is 7.01. The fourth-order valence-corrected chi connectivity index (χ4v) is 7.86. The number of nitrogens with zero attached hydrogens (tertiary/aromatic N) is 2. The molecule has 0 amide bonds. The summed E-state index contributed by atoms with van der Waals surface area (Å²) < 4.78 is 11.4. The molecule has 11 aromatic rings. The number of nitrogens with one attached hydrogen (secondary N) is 1. The van der Waals surface area contributed by atoms with Crippen LogP contribution >= 0.6 is 0 Å². The van der Waals surface area contributed by atoms with Crippen LogP contribution in [0, 0.1) is 12.3 Å². The number of nitrogens with two attached hydrogens (primary N) is 2. The zero-order chi connectivity index (χ0) is 38.9. The number of hydrogen-bond acceptors (Lipinski definition) is 3. The first-order valence-corrected chi connectivity index (χ1v) is 19.1. The zero-order valence-corrected chi connectivity index (χ0v) is 31.6. The highest BCUT2D eigenvalue weighted by Gasteiger charge is 2.22. The molecule has 3 heterocycles. The molecule has 0 unspecified atom stereocenters. The molecule has 0 spiro atoms. The van der Waals surface area contributed by atoms with Gasteiger partial charge in [0.1, 0.15) is 11.4 Å². The predicted octanol–water partition coefficient (Wildman–Crippen LogP) is 12.2. The lowest BCUT2D eigenvalue weighted by atomic mass is 10.1. The van der Waals surface area contributed by atoms with Crippen molar-refractivity contribution in [3.05, 3.63) is 205 Å². The number of furan rings is 1. The van der Waals surface area contributed by atoms with E-state index in [4.69, 9.17) is 21.3 Å². The van der Waals surface area contributed by atoms with Crippen LogP contribution in [0.25, 0.3) is 76.9 Å². The van der Waals surface area contributed by atoms with Crippen LogP contribution < -0.4 is 11.5 Å². The normalized spacial score (nSPS) is 11.2. The molecule has 0 bridgehead atoms. The van der Waals surface area contributed by atoms with Gasteiger partial charge in [-0.05, 0) is 72.6 Å². The first kappa shape index (κ1) is 35.3. The van der Waals surface area contributed by atoms with E-state index in [2.05, 4.69) is 137 Å². The highest BCUT2D eigenvalue weighted by Crippen LogP contribution is 2.43. The quantitative estimate of drug-likeness (QED) is 0.124. The van der Waals surface area contributed by atoms with E-state index < -0.39 is 0 Å². The molecule has 6 nitrogen and oxygen atoms in total. The summed E-state index contributed by atoms with van der Waals surface area (Å²) in [7, 11) is 0. The largest absolute Gasteiger partial charge is 0.454 e. The van der Waals surface area contributed by atoms with Crippen molar-refractivity contribution in [1.82, 2.24) is 9.13 Å². The molecule has 8 aromatic carbocycles. The average molecular weight is 740 g/mol. The van der Waals surface area contributed by atoms with E-state index in [9.17, 15) is 0 Å². The van der Waals surface area contributed by atoms with Crippen LogP contribution in [0.1, 0.15) is 16.7 Å². The fourth-order valence-electron chi connectivity index (χ4n) is 7.86. The fraction of sp³-hybridized carbons (Fsp3) is 0.0392. The molecule has 0 aliphatic carbocycles. The van der Waals surface area contributed by atoms with Crippen LogP contribution in [-0.4, -0.2) is 15.0 Å². The molecule has 0 radical (unpaired) electrons. The van der Waals surface area contributed by atoms with Crippen molar-refractivity contribution in [2.45, 2.75) is 13.5 Å². The van der Waals surface area contributed by atoms with E-state index in [1.165, 1.54) is 49.2 Å². The minimum atomic E-state index is 0.121. The van der Waals surface area contributed by atoms with Gasteiger partial charge in [0.25, 0.3) is 0 Å². The molecular weight excluding hydrogens is 699 g/mol. The Morgan fingerprint density at radius 3 is 1.75 bits per heavy atom. The van der Waals surface area contributed by atoms with Crippen molar-refractivity contribution in [1.29, 1.82) is 5.41 Å². The third kappa shape index (κ3) is 6.48. The van der Waals surface area contributed by atoms with Gasteiger partial charge in [0, 0.05) is 55.8 Å². The van der Waals surface area contributed by atoms with E-state index in [1.807, 2.05) is 66.7 Å². The van der Waals surface area contributed by atoms with Gasteiger partial charge < -0.3 is 25.0 Å². The number of para-hydroxylation sites is 3. The molecule has 0 saturated heterocycles. The third-order valence-corrected chi connectivity index (χ3v) is 10.5. The van der Waals surface area contributed by atoms with Crippen LogP contribution in [-0.2, 0) is 6.54 Å². The van der Waals surface area contributed by atoms with Crippen LogP contribution in [0.2, 0.25) is 0 Å². The monoisotopic (exact) mass is 739 g/mol. The van der Waals surface area contributed by atoms with Crippen molar-refractivity contribution >= 4 is 71.4 Å². The summed E-state index contributed by atoms with van der Waals surface area (Å²) in [5.41, 5.74) is 22.6. The maximum Gasteiger partial charge on any atom is 0.160 e. The molecular formula is C51H41N5O. The Morgan fingerprint density at radius 2 is 1.09 bits per heavy atom. The van der Waals surface area contributed by atoms with Crippen LogP contribution in [0.4, 0.5) is 0 Å². The molecule has 0 fully saturated rings. The topological polar surface area (TPSA) is 98.9 Å². The maximum absolute atomic E-state index is 7.01. The Kier molecular flexibility index (Phi) is 9.30. The summed E-state index contributed by atoms with van der Waals surface area (Å²) in [5, 5.41) is 14.2. The summed E-state index contributed by atoms with van der Waals surface area (Å²) in [6, 6.07) is 64.9. The van der Waals surface area contributed by atoms with Gasteiger partial charge >= 0.3 is 0 Å². The van der Waals surface area contributed by atoms with Crippen molar-refractivity contribution in [3.63, 3.8) is 0 Å². The van der Waals surface area contributed by atoms with Crippen molar-refractivity contribution in [2.24, 2.45) is 11.5 Å². The number of aryl methyl sites for hydroxylation is 1. The summed E-state index contributed by atoms with van der Waals surface area (Å²) >= 11 is 0. The molecule has 0 saturated carbocycles. The SMILES string of the molecule is Cc1cccc(-n2c3cc4c5ccccc5n(-c5ccccc5)c4cc3c3ccc4c5ccccc5oc4c32)c1.N=C(N)c1ccccc1.NCc1ccccc1. The lowest BCUT2D eigenvalue weighted by Crippen LogP contribution is -2.10. The summed E-state index contributed by atoms with van der Waals surface area (Å²) in [6.07, 6.45) is 0. The van der Waals surface area contributed by atoms with E-state index in [-0.39, 0.29) is 5.84 Å². The lowest BCUT2D eigenvalue weighted by molar-refractivity contribution is 0.671. The Morgan fingerprint density at radius 1 is 0.509 bits per heavy atom. The van der Waals surface area contributed by atoms with E-state index in [1.54, 1.807) is 0 Å². The molecule has 3 aromatic heterocycles. The minimum Gasteiger partial charge on any atom is -0.454 e. The van der Waals surface area contributed by atoms with Crippen molar-refractivity contribution in [3.8, 4) is 11.4 Å². The number of hydrogen-bond donors (Lipinski definition) is 3. The predicted molar refractivity (Wildman–Crippen MR) is 239 cm³/mol. The molecule has 0 atom stereocenters.